The van der Waals surface area contributed by atoms with Gasteiger partial charge in [-0.2, -0.15) is 0 Å². The van der Waals surface area contributed by atoms with Gasteiger partial charge in [0.1, 0.15) is 0 Å². The molecule has 2 aromatic rings. The van der Waals surface area contributed by atoms with Crippen LogP contribution in [0.1, 0.15) is 16.7 Å². The summed E-state index contributed by atoms with van der Waals surface area (Å²) in [5, 5.41) is 0. The zero-order valence-electron chi connectivity index (χ0n) is 9.82. The van der Waals surface area contributed by atoms with Crippen molar-refractivity contribution in [2.45, 2.75) is 0 Å². The Labute approximate surface area is 139 Å². The summed E-state index contributed by atoms with van der Waals surface area (Å²) in [5.41, 5.74) is 7.52. The van der Waals surface area contributed by atoms with E-state index in [1.807, 2.05) is 0 Å². The summed E-state index contributed by atoms with van der Waals surface area (Å²) in [7, 11) is 0. The second-order valence-corrected chi connectivity index (χ2v) is 5.63. The van der Waals surface area contributed by atoms with Crippen LogP contribution in [0.15, 0.2) is 47.5 Å². The fourth-order valence-electron chi connectivity index (χ4n) is 2.56. The van der Waals surface area contributed by atoms with E-state index in [1.165, 1.54) is 50.3 Å². The molecule has 1 nitrogen and oxygen atoms in total. The van der Waals surface area contributed by atoms with E-state index in [2.05, 4.69) is 48.5 Å². The minimum atomic E-state index is 0. The van der Waals surface area contributed by atoms with E-state index < -0.39 is 0 Å². The molecule has 0 unspecified atom stereocenters. The predicted molar refractivity (Wildman–Crippen MR) is 66.6 cm³/mol. The Morgan fingerprint density at radius 1 is 0.895 bits per heavy atom. The summed E-state index contributed by atoms with van der Waals surface area (Å²) < 4.78 is 1.40. The third-order valence-electron chi connectivity index (χ3n) is 3.31. The van der Waals surface area contributed by atoms with Crippen LogP contribution >= 0.6 is 0 Å². The van der Waals surface area contributed by atoms with Crippen LogP contribution in [-0.4, -0.2) is 5.71 Å². The Bertz CT molecular complexity index is 720. The van der Waals surface area contributed by atoms with Crippen molar-refractivity contribution in [2.24, 2.45) is 4.99 Å². The zero-order valence-corrected chi connectivity index (χ0v) is 13.8. The summed E-state index contributed by atoms with van der Waals surface area (Å²) in [4.78, 5) is 4.78. The van der Waals surface area contributed by atoms with Gasteiger partial charge in [-0.25, -0.2) is 0 Å². The van der Waals surface area contributed by atoms with Gasteiger partial charge >= 0.3 is 115 Å². The van der Waals surface area contributed by atoms with Crippen molar-refractivity contribution in [1.29, 1.82) is 0 Å². The first kappa shape index (κ1) is 14.7. The first-order valence-electron chi connectivity index (χ1n) is 5.60. The summed E-state index contributed by atoms with van der Waals surface area (Å²) >= 11 is 1.45. The molecule has 19 heavy (non-hydrogen) atoms. The Morgan fingerprint density at radius 2 is 1.68 bits per heavy atom. The molecular formula is C15H8Cl2NZr. The first-order chi connectivity index (χ1) is 8.34. The maximum absolute atomic E-state index is 4.78. The molecule has 2 aliphatic rings. The van der Waals surface area contributed by atoms with E-state index in [4.69, 9.17) is 4.99 Å². The van der Waals surface area contributed by atoms with Crippen molar-refractivity contribution in [3.63, 3.8) is 0 Å². The molecule has 0 radical (unpaired) electrons. The van der Waals surface area contributed by atoms with E-state index in [0.717, 1.165) is 11.4 Å². The van der Waals surface area contributed by atoms with Gasteiger partial charge in [0.25, 0.3) is 0 Å². The molecule has 4 heteroatoms. The summed E-state index contributed by atoms with van der Waals surface area (Å²) in [6.45, 7) is 0. The Balaban J connectivity index is 0.000000667. The van der Waals surface area contributed by atoms with Crippen LogP contribution in [0.2, 0.25) is 0 Å². The van der Waals surface area contributed by atoms with Crippen molar-refractivity contribution >= 4 is 26.3 Å². The van der Waals surface area contributed by atoms with Crippen molar-refractivity contribution < 1.29 is 49.5 Å². The van der Waals surface area contributed by atoms with Gasteiger partial charge in [-0.05, 0) is 0 Å². The van der Waals surface area contributed by atoms with Gasteiger partial charge in [-0.1, -0.05) is 0 Å². The van der Waals surface area contributed by atoms with Gasteiger partial charge in [0.15, 0.2) is 0 Å². The van der Waals surface area contributed by atoms with Gasteiger partial charge in [0.05, 0.1) is 0 Å². The minimum absolute atomic E-state index is 0. The van der Waals surface area contributed by atoms with Gasteiger partial charge in [-0.15, -0.1) is 0 Å². The molecule has 2 aromatic carbocycles. The number of hydrogen-bond donors (Lipinski definition) is 0. The number of allylic oxidation sites excluding steroid dienone is 1. The third kappa shape index (κ3) is 2.07. The van der Waals surface area contributed by atoms with Crippen molar-refractivity contribution in [3.05, 3.63) is 59.2 Å². The van der Waals surface area contributed by atoms with Crippen molar-refractivity contribution in [1.82, 2.24) is 0 Å². The molecule has 4 rings (SSSR count). The Morgan fingerprint density at radius 3 is 2.53 bits per heavy atom. The summed E-state index contributed by atoms with van der Waals surface area (Å²) in [6, 6.07) is 14.9. The molecule has 0 spiro atoms. The van der Waals surface area contributed by atoms with Gasteiger partial charge in [0, 0.05) is 0 Å². The van der Waals surface area contributed by atoms with Crippen LogP contribution < -0.4 is 28.1 Å². The number of halogens is 2. The van der Waals surface area contributed by atoms with E-state index in [1.54, 1.807) is 0 Å². The number of nitrogens with zero attached hydrogens (tertiary/aromatic N) is 1. The zero-order chi connectivity index (χ0) is 11.4. The molecule has 0 saturated heterocycles. The molecule has 0 saturated carbocycles. The molecular weight excluding hydrogens is 356 g/mol. The van der Waals surface area contributed by atoms with E-state index in [9.17, 15) is 0 Å². The van der Waals surface area contributed by atoms with Crippen LogP contribution in [0.4, 0.5) is 5.69 Å². The second kappa shape index (κ2) is 5.36. The molecule has 1 aliphatic heterocycles. The third-order valence-corrected chi connectivity index (χ3v) is 4.34. The quantitative estimate of drug-likeness (QED) is 0.469. The summed E-state index contributed by atoms with van der Waals surface area (Å²) in [6.07, 6.45) is 2.27. The fraction of sp³-hybridized carbons (Fsp3) is 0. The van der Waals surface area contributed by atoms with Crippen LogP contribution in [0.25, 0.3) is 11.6 Å². The van der Waals surface area contributed by atoms with Crippen LogP contribution in [0.3, 0.4) is 0 Å². The van der Waals surface area contributed by atoms with E-state index in [0.29, 0.717) is 0 Å². The van der Waals surface area contributed by atoms with Gasteiger partial charge in [-0.3, -0.25) is 0 Å². The van der Waals surface area contributed by atoms with Gasteiger partial charge in [0.2, 0.25) is 0 Å². The predicted octanol–water partition coefficient (Wildman–Crippen LogP) is -3.14. The standard InChI is InChI=1S/C15H8N.2ClH.Zr/c1-2-6-11-10(5-1)9-13-12-7-3-4-8-14(12)16-15(11)13;;;/h1-6,8-9H;2*1H;/q;;;+2/p-2. The average Bonchev–Trinajstić information content (AvgIpc) is 2.85. The maximum atomic E-state index is 4.78. The molecule has 91 valence electrons. The number of benzene rings is 2. The monoisotopic (exact) mass is 362 g/mol. The Hall–Kier alpha value is -0.687. The Kier molecular flexibility index (Phi) is 4.15. The number of fused-ring (bicyclic) bond motifs is 5. The number of aliphatic imine (C=N–C) groups is 1. The molecule has 0 amide bonds. The molecule has 0 bridgehead atoms. The molecule has 0 N–H and O–H groups in total. The SMILES string of the molecule is [Cl-].[Cl-].[Zr+2][c]1cccc2c1C1=Cc3ccccc3C1=N2. The van der Waals surface area contributed by atoms with Gasteiger partial charge < -0.3 is 24.8 Å². The number of hydrogen-bond acceptors (Lipinski definition) is 1. The average molecular weight is 364 g/mol. The normalized spacial score (nSPS) is 13.4. The van der Waals surface area contributed by atoms with E-state index >= 15 is 0 Å². The first-order valence-corrected chi connectivity index (χ1v) is 6.82. The topological polar surface area (TPSA) is 12.4 Å². The molecule has 0 aromatic heterocycles. The molecule has 0 fully saturated rings. The van der Waals surface area contributed by atoms with Crippen LogP contribution in [0, 0.1) is 0 Å². The molecule has 1 heterocycles. The molecule has 0 atom stereocenters. The molecule has 1 aliphatic carbocycles. The number of rotatable bonds is 0. The van der Waals surface area contributed by atoms with Crippen molar-refractivity contribution in [3.8, 4) is 0 Å². The van der Waals surface area contributed by atoms with Crippen molar-refractivity contribution in [2.75, 3.05) is 0 Å². The van der Waals surface area contributed by atoms with Crippen LogP contribution in [0.5, 0.6) is 0 Å². The van der Waals surface area contributed by atoms with E-state index in [-0.39, 0.29) is 24.8 Å². The summed E-state index contributed by atoms with van der Waals surface area (Å²) in [5.74, 6) is 0. The fourth-order valence-corrected chi connectivity index (χ4v) is 3.44. The van der Waals surface area contributed by atoms with Crippen LogP contribution in [-0.2, 0) is 24.7 Å². The second-order valence-electron chi connectivity index (χ2n) is 4.31.